The molecule has 0 aliphatic rings. The van der Waals surface area contributed by atoms with Gasteiger partial charge in [0.15, 0.2) is 0 Å². The zero-order valence-electron chi connectivity index (χ0n) is 24.4. The lowest BCUT2D eigenvalue weighted by atomic mass is 9.91. The van der Waals surface area contributed by atoms with Crippen molar-refractivity contribution in [2.45, 2.75) is 92.5 Å². The molecule has 38 heavy (non-hydrogen) atoms. The number of thiol groups is 1. The van der Waals surface area contributed by atoms with Crippen LogP contribution in [0.15, 0.2) is 36.4 Å². The van der Waals surface area contributed by atoms with Gasteiger partial charge in [-0.1, -0.05) is 36.4 Å². The molecular formula is C30H43N3O4S. The lowest BCUT2D eigenvalue weighted by molar-refractivity contribution is -0.146. The smallest absolute Gasteiger partial charge is 0.408 e. The first kappa shape index (κ1) is 31.2. The zero-order valence-corrected chi connectivity index (χ0v) is 25.2. The summed E-state index contributed by atoms with van der Waals surface area (Å²) in [7, 11) is 0. The van der Waals surface area contributed by atoms with Crippen molar-refractivity contribution in [2.75, 3.05) is 11.1 Å². The summed E-state index contributed by atoms with van der Waals surface area (Å²) < 4.78 is 5.38. The van der Waals surface area contributed by atoms with Crippen LogP contribution in [0.2, 0.25) is 0 Å². The predicted octanol–water partition coefficient (Wildman–Crippen LogP) is 6.05. The Morgan fingerprint density at radius 2 is 1.42 bits per heavy atom. The Morgan fingerprint density at radius 3 is 1.92 bits per heavy atom. The summed E-state index contributed by atoms with van der Waals surface area (Å²) in [5.41, 5.74) is 3.68. The Balaban J connectivity index is 2.64. The summed E-state index contributed by atoms with van der Waals surface area (Å²) in [4.78, 5) is 42.4. The highest BCUT2D eigenvalue weighted by Crippen LogP contribution is 2.34. The second-order valence-corrected chi connectivity index (χ2v) is 12.1. The molecular weight excluding hydrogens is 498 g/mol. The molecule has 2 aromatic rings. The molecule has 0 radical (unpaired) electrons. The van der Waals surface area contributed by atoms with E-state index in [0.717, 1.165) is 22.3 Å². The fourth-order valence-corrected chi connectivity index (χ4v) is 4.57. The molecule has 2 aromatic carbocycles. The van der Waals surface area contributed by atoms with E-state index in [4.69, 9.17) is 4.74 Å². The van der Waals surface area contributed by atoms with E-state index in [1.54, 1.807) is 25.7 Å². The van der Waals surface area contributed by atoms with Crippen LogP contribution in [-0.4, -0.2) is 45.7 Å². The SMILES string of the molecule is Cc1cccc(C(C(=O)Nc2c(C)cccc2C)N(C(=O)C(CS)NC(=O)OC(C)(C)C)C(C)(C)C)c1C. The number of hydrogen-bond donors (Lipinski definition) is 3. The van der Waals surface area contributed by atoms with Crippen LogP contribution >= 0.6 is 12.6 Å². The molecule has 3 amide bonds. The van der Waals surface area contributed by atoms with Gasteiger partial charge in [0.05, 0.1) is 0 Å². The van der Waals surface area contributed by atoms with E-state index in [-0.39, 0.29) is 11.7 Å². The van der Waals surface area contributed by atoms with Gasteiger partial charge in [0.2, 0.25) is 5.91 Å². The first-order chi connectivity index (χ1) is 17.5. The molecule has 0 saturated carbocycles. The van der Waals surface area contributed by atoms with Gasteiger partial charge >= 0.3 is 6.09 Å². The van der Waals surface area contributed by atoms with E-state index >= 15 is 0 Å². The average Bonchev–Trinajstić information content (AvgIpc) is 2.78. The number of aryl methyl sites for hydroxylation is 3. The number of alkyl carbamates (subject to hydrolysis) is 1. The molecule has 0 spiro atoms. The van der Waals surface area contributed by atoms with E-state index in [9.17, 15) is 14.4 Å². The largest absolute Gasteiger partial charge is 0.444 e. The molecule has 0 heterocycles. The van der Waals surface area contributed by atoms with Crippen molar-refractivity contribution in [3.8, 4) is 0 Å². The maximum absolute atomic E-state index is 14.2. The van der Waals surface area contributed by atoms with Gasteiger partial charge in [0, 0.05) is 17.0 Å². The Hall–Kier alpha value is -3.00. The number of benzene rings is 2. The molecule has 8 heteroatoms. The summed E-state index contributed by atoms with van der Waals surface area (Å²) in [6.07, 6.45) is -0.720. The first-order valence-electron chi connectivity index (χ1n) is 12.8. The highest BCUT2D eigenvalue weighted by Gasteiger charge is 2.42. The molecule has 2 rings (SSSR count). The number of nitrogens with one attached hydrogen (secondary N) is 2. The van der Waals surface area contributed by atoms with Crippen LogP contribution in [0.5, 0.6) is 0 Å². The van der Waals surface area contributed by atoms with Crippen molar-refractivity contribution in [1.29, 1.82) is 0 Å². The van der Waals surface area contributed by atoms with Crippen LogP contribution in [0.25, 0.3) is 0 Å². The topological polar surface area (TPSA) is 87.7 Å². The maximum atomic E-state index is 14.2. The van der Waals surface area contributed by atoms with Crippen LogP contribution in [0, 0.1) is 27.7 Å². The number of hydrogen-bond acceptors (Lipinski definition) is 5. The van der Waals surface area contributed by atoms with Crippen molar-refractivity contribution in [3.05, 3.63) is 64.2 Å². The van der Waals surface area contributed by atoms with Gasteiger partial charge in [-0.05, 0) is 97.1 Å². The minimum absolute atomic E-state index is 0.0305. The second kappa shape index (κ2) is 12.2. The third kappa shape index (κ3) is 7.76. The van der Waals surface area contributed by atoms with Crippen LogP contribution in [0.1, 0.15) is 75.4 Å². The highest BCUT2D eigenvalue weighted by molar-refractivity contribution is 7.80. The fraction of sp³-hybridized carbons (Fsp3) is 0.500. The van der Waals surface area contributed by atoms with Gasteiger partial charge < -0.3 is 20.3 Å². The minimum Gasteiger partial charge on any atom is -0.444 e. The standard InChI is InChI=1S/C30H43N3O4S/c1-18-13-12-16-22(21(18)4)25(26(34)32-24-19(2)14-11-15-20(24)3)33(29(5,6)7)27(35)23(17-38)31-28(36)37-30(8,9)10/h11-16,23,25,38H,17H2,1-10H3,(H,31,36)(H,32,34). The number of anilines is 1. The molecule has 0 fully saturated rings. The number of ether oxygens (including phenoxy) is 1. The van der Waals surface area contributed by atoms with Gasteiger partial charge in [-0.2, -0.15) is 12.6 Å². The van der Waals surface area contributed by atoms with E-state index < -0.39 is 35.2 Å². The lowest BCUT2D eigenvalue weighted by Crippen LogP contribution is -2.58. The van der Waals surface area contributed by atoms with Crippen LogP contribution < -0.4 is 10.6 Å². The highest BCUT2D eigenvalue weighted by atomic mass is 32.1. The maximum Gasteiger partial charge on any atom is 0.408 e. The summed E-state index contributed by atoms with van der Waals surface area (Å²) >= 11 is 4.36. The third-order valence-corrected chi connectivity index (χ3v) is 6.67. The number of para-hydroxylation sites is 1. The minimum atomic E-state index is -1.01. The molecule has 2 unspecified atom stereocenters. The van der Waals surface area contributed by atoms with E-state index in [1.165, 1.54) is 0 Å². The van der Waals surface area contributed by atoms with Crippen LogP contribution in [0.4, 0.5) is 10.5 Å². The third-order valence-electron chi connectivity index (χ3n) is 6.31. The van der Waals surface area contributed by atoms with Gasteiger partial charge in [-0.25, -0.2) is 4.79 Å². The molecule has 0 bridgehead atoms. The van der Waals surface area contributed by atoms with Crippen molar-refractivity contribution in [1.82, 2.24) is 10.2 Å². The molecule has 0 saturated heterocycles. The summed E-state index contributed by atoms with van der Waals surface area (Å²) in [6, 6.07) is 9.57. The molecule has 208 valence electrons. The number of rotatable bonds is 7. The lowest BCUT2D eigenvalue weighted by Gasteiger charge is -2.43. The van der Waals surface area contributed by atoms with Crippen molar-refractivity contribution >= 4 is 36.2 Å². The van der Waals surface area contributed by atoms with Crippen molar-refractivity contribution in [3.63, 3.8) is 0 Å². The predicted molar refractivity (Wildman–Crippen MR) is 157 cm³/mol. The Labute approximate surface area is 233 Å². The second-order valence-electron chi connectivity index (χ2n) is 11.7. The average molecular weight is 542 g/mol. The quantitative estimate of drug-likeness (QED) is 0.373. The van der Waals surface area contributed by atoms with E-state index in [2.05, 4.69) is 23.3 Å². The van der Waals surface area contributed by atoms with Gasteiger partial charge in [0.1, 0.15) is 17.7 Å². The Kier molecular flexibility index (Phi) is 10.1. The van der Waals surface area contributed by atoms with Crippen molar-refractivity contribution < 1.29 is 19.1 Å². The van der Waals surface area contributed by atoms with Gasteiger partial charge in [0.25, 0.3) is 5.91 Å². The summed E-state index contributed by atoms with van der Waals surface area (Å²) in [6.45, 7) is 18.7. The number of carbonyl (C=O) groups excluding carboxylic acids is 3. The zero-order chi connectivity index (χ0) is 29.0. The molecule has 0 aliphatic heterocycles. The summed E-state index contributed by atoms with van der Waals surface area (Å²) in [5, 5.41) is 5.75. The normalized spacial score (nSPS) is 13.3. The summed E-state index contributed by atoms with van der Waals surface area (Å²) in [5.74, 6) is -0.738. The monoisotopic (exact) mass is 541 g/mol. The number of nitrogens with zero attached hydrogens (tertiary/aromatic N) is 1. The number of carbonyl (C=O) groups is 3. The van der Waals surface area contributed by atoms with Crippen molar-refractivity contribution in [2.24, 2.45) is 0 Å². The first-order valence-corrected chi connectivity index (χ1v) is 13.5. The van der Waals surface area contributed by atoms with Gasteiger partial charge in [-0.15, -0.1) is 0 Å². The van der Waals surface area contributed by atoms with Crippen LogP contribution in [-0.2, 0) is 14.3 Å². The molecule has 2 atom stereocenters. The molecule has 2 N–H and O–H groups in total. The van der Waals surface area contributed by atoms with Crippen LogP contribution in [0.3, 0.4) is 0 Å². The number of amides is 3. The molecule has 0 aliphatic carbocycles. The molecule has 0 aromatic heterocycles. The van der Waals surface area contributed by atoms with E-state index in [0.29, 0.717) is 11.3 Å². The molecule has 7 nitrogen and oxygen atoms in total. The Bertz CT molecular complexity index is 1160. The Morgan fingerprint density at radius 1 is 0.895 bits per heavy atom. The fourth-order valence-electron chi connectivity index (χ4n) is 4.32. The van der Waals surface area contributed by atoms with Gasteiger partial charge in [-0.3, -0.25) is 9.59 Å². The van der Waals surface area contributed by atoms with E-state index in [1.807, 2.05) is 84.9 Å².